The lowest BCUT2D eigenvalue weighted by atomic mass is 9.93. The Kier molecular flexibility index (Phi) is 4.43. The molecule has 128 valence electrons. The smallest absolute Gasteiger partial charge is 0.272 e. The van der Waals surface area contributed by atoms with Gasteiger partial charge in [0.05, 0.1) is 11.7 Å². The Labute approximate surface area is 142 Å². The zero-order valence-corrected chi connectivity index (χ0v) is 14.7. The van der Waals surface area contributed by atoms with Gasteiger partial charge in [0.25, 0.3) is 5.91 Å². The Morgan fingerprint density at radius 3 is 2.83 bits per heavy atom. The number of aryl methyl sites for hydroxylation is 1. The zero-order valence-electron chi connectivity index (χ0n) is 14.7. The summed E-state index contributed by atoms with van der Waals surface area (Å²) in [6, 6.07) is 6.61. The van der Waals surface area contributed by atoms with Crippen molar-refractivity contribution in [1.29, 1.82) is 0 Å². The summed E-state index contributed by atoms with van der Waals surface area (Å²) in [5, 5.41) is 4.46. The van der Waals surface area contributed by atoms with Crippen molar-refractivity contribution >= 4 is 5.91 Å². The maximum absolute atomic E-state index is 13.6. The van der Waals surface area contributed by atoms with E-state index in [9.17, 15) is 9.18 Å². The molecule has 1 aromatic carbocycles. The fraction of sp³-hybridized carbons (Fsp3) is 0.474. The first kappa shape index (κ1) is 16.7. The molecule has 1 aliphatic rings. The fourth-order valence-electron chi connectivity index (χ4n) is 3.45. The number of amides is 1. The number of aromatic nitrogens is 2. The lowest BCUT2D eigenvalue weighted by Gasteiger charge is -2.35. The monoisotopic (exact) mass is 329 g/mol. The third-order valence-electron chi connectivity index (χ3n) is 4.68. The van der Waals surface area contributed by atoms with Crippen molar-refractivity contribution in [3.05, 3.63) is 52.6 Å². The molecule has 0 saturated heterocycles. The molecule has 0 bridgehead atoms. The molecule has 0 unspecified atom stereocenters. The second kappa shape index (κ2) is 6.38. The van der Waals surface area contributed by atoms with Crippen molar-refractivity contribution < 1.29 is 9.18 Å². The minimum absolute atomic E-state index is 0.0394. The Balaban J connectivity index is 1.87. The van der Waals surface area contributed by atoms with Crippen LogP contribution < -0.4 is 0 Å². The van der Waals surface area contributed by atoms with Crippen molar-refractivity contribution in [2.75, 3.05) is 6.54 Å². The van der Waals surface area contributed by atoms with Gasteiger partial charge >= 0.3 is 0 Å². The topological polar surface area (TPSA) is 38.1 Å². The number of halogens is 1. The number of carbonyl (C=O) groups is 1. The molecule has 24 heavy (non-hydrogen) atoms. The van der Waals surface area contributed by atoms with E-state index in [1.165, 1.54) is 6.07 Å². The van der Waals surface area contributed by atoms with Crippen molar-refractivity contribution in [3.63, 3.8) is 0 Å². The Morgan fingerprint density at radius 2 is 2.12 bits per heavy atom. The minimum atomic E-state index is -0.255. The van der Waals surface area contributed by atoms with Crippen LogP contribution in [0.15, 0.2) is 24.3 Å². The highest BCUT2D eigenvalue weighted by Crippen LogP contribution is 2.31. The van der Waals surface area contributed by atoms with Gasteiger partial charge in [0.2, 0.25) is 0 Å². The predicted octanol–water partition coefficient (Wildman–Crippen LogP) is 3.52. The second-order valence-electron chi connectivity index (χ2n) is 7.01. The molecule has 1 aromatic heterocycles. The van der Waals surface area contributed by atoms with Gasteiger partial charge < -0.3 is 4.90 Å². The Morgan fingerprint density at radius 1 is 1.38 bits per heavy atom. The van der Waals surface area contributed by atoms with Gasteiger partial charge in [-0.1, -0.05) is 19.9 Å². The van der Waals surface area contributed by atoms with Gasteiger partial charge in [-0.25, -0.2) is 4.39 Å². The van der Waals surface area contributed by atoms with E-state index in [-0.39, 0.29) is 17.8 Å². The summed E-state index contributed by atoms with van der Waals surface area (Å²) >= 11 is 0. The van der Waals surface area contributed by atoms with Gasteiger partial charge in [-0.05, 0) is 55.0 Å². The van der Waals surface area contributed by atoms with E-state index in [0.717, 1.165) is 29.7 Å². The molecule has 0 saturated carbocycles. The van der Waals surface area contributed by atoms with Gasteiger partial charge in [-0.15, -0.1) is 0 Å². The van der Waals surface area contributed by atoms with E-state index < -0.39 is 0 Å². The van der Waals surface area contributed by atoms with Crippen LogP contribution in [-0.4, -0.2) is 27.1 Å². The molecular formula is C19H24FN3O. The van der Waals surface area contributed by atoms with E-state index in [4.69, 9.17) is 0 Å². The third kappa shape index (κ3) is 3.07. The summed E-state index contributed by atoms with van der Waals surface area (Å²) in [5.74, 6) is 0.198. The third-order valence-corrected chi connectivity index (χ3v) is 4.68. The first-order valence-corrected chi connectivity index (χ1v) is 8.49. The van der Waals surface area contributed by atoms with Gasteiger partial charge in [-0.2, -0.15) is 5.10 Å². The fourth-order valence-corrected chi connectivity index (χ4v) is 3.45. The highest BCUT2D eigenvalue weighted by molar-refractivity contribution is 5.93. The quantitative estimate of drug-likeness (QED) is 0.864. The van der Waals surface area contributed by atoms with Crippen LogP contribution >= 0.6 is 0 Å². The van der Waals surface area contributed by atoms with Crippen LogP contribution in [0.25, 0.3) is 0 Å². The molecule has 1 atom stereocenters. The van der Waals surface area contributed by atoms with Crippen molar-refractivity contribution in [2.45, 2.75) is 39.7 Å². The molecule has 2 aromatic rings. The number of hydrogen-bond donors (Lipinski definition) is 0. The molecule has 1 aliphatic heterocycles. The number of benzene rings is 1. The van der Waals surface area contributed by atoms with Crippen LogP contribution in [0.2, 0.25) is 0 Å². The maximum Gasteiger partial charge on any atom is 0.272 e. The molecular weight excluding hydrogens is 305 g/mol. The Bertz CT molecular complexity index is 766. The predicted molar refractivity (Wildman–Crippen MR) is 91.3 cm³/mol. The summed E-state index contributed by atoms with van der Waals surface area (Å²) < 4.78 is 15.3. The largest absolute Gasteiger partial charge is 0.330 e. The summed E-state index contributed by atoms with van der Waals surface area (Å²) in [6.45, 7) is 6.87. The average Bonchev–Trinajstić information content (AvgIpc) is 2.87. The van der Waals surface area contributed by atoms with Crippen LogP contribution in [0.5, 0.6) is 0 Å². The average molecular weight is 329 g/mol. The number of carbonyl (C=O) groups excluding carboxylic acids is 1. The first-order valence-electron chi connectivity index (χ1n) is 8.49. The Hall–Kier alpha value is -2.17. The van der Waals surface area contributed by atoms with Gasteiger partial charge in [0.1, 0.15) is 11.5 Å². The van der Waals surface area contributed by atoms with Crippen molar-refractivity contribution in [2.24, 2.45) is 13.0 Å². The van der Waals surface area contributed by atoms with Crippen LogP contribution in [0.3, 0.4) is 0 Å². The number of fused-ring (bicyclic) bond motifs is 1. The second-order valence-corrected chi connectivity index (χ2v) is 7.01. The van der Waals surface area contributed by atoms with E-state index in [1.54, 1.807) is 17.8 Å². The molecule has 0 N–H and O–H groups in total. The van der Waals surface area contributed by atoms with Gasteiger partial charge in [-0.3, -0.25) is 9.48 Å². The van der Waals surface area contributed by atoms with Gasteiger partial charge in [0, 0.05) is 13.6 Å². The summed E-state index contributed by atoms with van der Waals surface area (Å²) in [7, 11) is 1.80. The van der Waals surface area contributed by atoms with E-state index in [1.807, 2.05) is 24.0 Å². The van der Waals surface area contributed by atoms with Gasteiger partial charge in [0.15, 0.2) is 0 Å². The SMILES string of the molecule is CC(C)Cc1cc(C(=O)N2CCc3ccc(F)cc3[C@H]2C)n(C)n1. The number of rotatable bonds is 3. The molecule has 0 fully saturated rings. The normalized spacial score (nSPS) is 17.2. The molecule has 0 radical (unpaired) electrons. The van der Waals surface area contributed by atoms with E-state index >= 15 is 0 Å². The zero-order chi connectivity index (χ0) is 17.4. The highest BCUT2D eigenvalue weighted by Gasteiger charge is 2.30. The molecule has 4 nitrogen and oxygen atoms in total. The number of nitrogens with zero attached hydrogens (tertiary/aromatic N) is 3. The number of hydrogen-bond acceptors (Lipinski definition) is 2. The van der Waals surface area contributed by atoms with E-state index in [0.29, 0.717) is 18.2 Å². The molecule has 5 heteroatoms. The van der Waals surface area contributed by atoms with Crippen molar-refractivity contribution in [1.82, 2.24) is 14.7 Å². The lowest BCUT2D eigenvalue weighted by molar-refractivity contribution is 0.0666. The van der Waals surface area contributed by atoms with Crippen LogP contribution in [-0.2, 0) is 19.9 Å². The molecule has 0 aliphatic carbocycles. The molecule has 1 amide bonds. The molecule has 2 heterocycles. The van der Waals surface area contributed by atoms with Crippen molar-refractivity contribution in [3.8, 4) is 0 Å². The standard InChI is InChI=1S/C19H24FN3O/c1-12(2)9-16-11-18(22(4)21-16)19(24)23-8-7-14-5-6-15(20)10-17(14)13(23)3/h5-6,10-13H,7-9H2,1-4H3/t13-/m1/s1. The highest BCUT2D eigenvalue weighted by atomic mass is 19.1. The molecule has 3 rings (SSSR count). The van der Waals surface area contributed by atoms with Crippen LogP contribution in [0.4, 0.5) is 4.39 Å². The summed E-state index contributed by atoms with van der Waals surface area (Å²) in [4.78, 5) is 14.8. The molecule has 0 spiro atoms. The summed E-state index contributed by atoms with van der Waals surface area (Å²) in [6.07, 6.45) is 1.60. The lowest BCUT2D eigenvalue weighted by Crippen LogP contribution is -2.39. The first-order chi connectivity index (χ1) is 11.4. The van der Waals surface area contributed by atoms with E-state index in [2.05, 4.69) is 18.9 Å². The maximum atomic E-state index is 13.6. The van der Waals surface area contributed by atoms with Crippen LogP contribution in [0, 0.1) is 11.7 Å². The minimum Gasteiger partial charge on any atom is -0.330 e. The summed E-state index contributed by atoms with van der Waals surface area (Å²) in [5.41, 5.74) is 3.56. The van der Waals surface area contributed by atoms with Crippen LogP contribution in [0.1, 0.15) is 54.1 Å².